The van der Waals surface area contributed by atoms with Crippen LogP contribution in [0, 0.1) is 0 Å². The lowest BCUT2D eigenvalue weighted by Gasteiger charge is -2.34. The van der Waals surface area contributed by atoms with Crippen LogP contribution in [0.1, 0.15) is 9.67 Å². The number of nitrogens with zero attached hydrogens (tertiary/aromatic N) is 2. The SMILES string of the molecule is COC(=O)c1sccc1NC(=O)CN1CCN(CCOc2ccccc2Cl)CC1. The standard InChI is InChI=1S/C20H24ClN3O4S/c1-27-20(26)19-16(6-13-29-19)22-18(25)14-24-9-7-23(8-10-24)11-12-28-17-5-3-2-4-15(17)21/h2-6,13H,7-12,14H2,1H3,(H,22,25). The number of rotatable bonds is 8. The molecule has 0 unspecified atom stereocenters. The number of ether oxygens (including phenoxy) is 2. The molecule has 0 saturated carbocycles. The largest absolute Gasteiger partial charge is 0.491 e. The summed E-state index contributed by atoms with van der Waals surface area (Å²) in [7, 11) is 1.33. The van der Waals surface area contributed by atoms with E-state index in [1.54, 1.807) is 11.4 Å². The number of thiophene rings is 1. The Balaban J connectivity index is 1.37. The molecule has 1 amide bonds. The summed E-state index contributed by atoms with van der Waals surface area (Å²) in [6.45, 7) is 5.00. The zero-order valence-electron chi connectivity index (χ0n) is 16.2. The van der Waals surface area contributed by atoms with Crippen LogP contribution >= 0.6 is 22.9 Å². The number of halogens is 1. The van der Waals surface area contributed by atoms with Crippen molar-refractivity contribution in [2.45, 2.75) is 0 Å². The Morgan fingerprint density at radius 2 is 1.86 bits per heavy atom. The van der Waals surface area contributed by atoms with Crippen molar-refractivity contribution in [3.8, 4) is 5.75 Å². The highest BCUT2D eigenvalue weighted by atomic mass is 35.5. The van der Waals surface area contributed by atoms with Gasteiger partial charge in [-0.05, 0) is 23.6 Å². The number of para-hydroxylation sites is 1. The Kier molecular flexibility index (Phi) is 7.88. The first-order valence-electron chi connectivity index (χ1n) is 9.34. The lowest BCUT2D eigenvalue weighted by molar-refractivity contribution is -0.117. The van der Waals surface area contributed by atoms with E-state index >= 15 is 0 Å². The Bertz CT molecular complexity index is 837. The summed E-state index contributed by atoms with van der Waals surface area (Å²) in [4.78, 5) is 28.9. The van der Waals surface area contributed by atoms with Gasteiger partial charge in [0.05, 0.1) is 24.4 Å². The molecule has 156 valence electrons. The molecule has 9 heteroatoms. The van der Waals surface area contributed by atoms with Crippen LogP contribution in [-0.2, 0) is 9.53 Å². The molecule has 0 aliphatic carbocycles. The van der Waals surface area contributed by atoms with Crippen molar-refractivity contribution in [2.75, 3.05) is 58.3 Å². The first kappa shape index (κ1) is 21.6. The highest BCUT2D eigenvalue weighted by Gasteiger charge is 2.21. The van der Waals surface area contributed by atoms with Gasteiger partial charge in [-0.2, -0.15) is 0 Å². The van der Waals surface area contributed by atoms with Gasteiger partial charge in [-0.1, -0.05) is 23.7 Å². The molecule has 3 rings (SSSR count). The van der Waals surface area contributed by atoms with Crippen molar-refractivity contribution in [1.29, 1.82) is 0 Å². The van der Waals surface area contributed by atoms with Crippen molar-refractivity contribution >= 4 is 40.5 Å². The Hall–Kier alpha value is -2.13. The number of nitrogens with one attached hydrogen (secondary N) is 1. The summed E-state index contributed by atoms with van der Waals surface area (Å²) in [5.41, 5.74) is 0.502. The number of benzene rings is 1. The number of amides is 1. The molecule has 1 aromatic heterocycles. The smallest absolute Gasteiger partial charge is 0.350 e. The fraction of sp³-hybridized carbons (Fsp3) is 0.400. The molecule has 1 saturated heterocycles. The van der Waals surface area contributed by atoms with E-state index in [-0.39, 0.29) is 5.91 Å². The van der Waals surface area contributed by atoms with Crippen molar-refractivity contribution in [3.63, 3.8) is 0 Å². The second kappa shape index (κ2) is 10.6. The minimum absolute atomic E-state index is 0.135. The molecule has 29 heavy (non-hydrogen) atoms. The van der Waals surface area contributed by atoms with Crippen LogP contribution in [0.15, 0.2) is 35.7 Å². The number of hydrogen-bond donors (Lipinski definition) is 1. The molecule has 0 radical (unpaired) electrons. The molecule has 1 aliphatic heterocycles. The quantitative estimate of drug-likeness (QED) is 0.640. The number of anilines is 1. The highest BCUT2D eigenvalue weighted by molar-refractivity contribution is 7.12. The van der Waals surface area contributed by atoms with Gasteiger partial charge in [0.25, 0.3) is 0 Å². The van der Waals surface area contributed by atoms with Crippen molar-refractivity contribution in [1.82, 2.24) is 9.80 Å². The summed E-state index contributed by atoms with van der Waals surface area (Å²) in [6, 6.07) is 9.16. The third-order valence-corrected chi connectivity index (χ3v) is 5.85. The van der Waals surface area contributed by atoms with Gasteiger partial charge < -0.3 is 14.8 Å². The Labute approximate surface area is 179 Å². The molecule has 1 fully saturated rings. The number of carbonyl (C=O) groups is 2. The van der Waals surface area contributed by atoms with E-state index in [2.05, 4.69) is 15.1 Å². The van der Waals surface area contributed by atoms with Gasteiger partial charge in [0.2, 0.25) is 5.91 Å². The maximum Gasteiger partial charge on any atom is 0.350 e. The van der Waals surface area contributed by atoms with Crippen LogP contribution in [0.3, 0.4) is 0 Å². The van der Waals surface area contributed by atoms with Crippen LogP contribution in [0.2, 0.25) is 5.02 Å². The predicted octanol–water partition coefficient (Wildman–Crippen LogP) is 2.82. The van der Waals surface area contributed by atoms with E-state index in [4.69, 9.17) is 21.1 Å². The maximum atomic E-state index is 12.3. The van der Waals surface area contributed by atoms with Gasteiger partial charge in [0, 0.05) is 32.7 Å². The molecule has 0 atom stereocenters. The van der Waals surface area contributed by atoms with Crippen LogP contribution in [-0.4, -0.2) is 74.7 Å². The number of piperazine rings is 1. The zero-order valence-corrected chi connectivity index (χ0v) is 17.8. The number of esters is 1. The van der Waals surface area contributed by atoms with Crippen molar-refractivity contribution < 1.29 is 19.1 Å². The van der Waals surface area contributed by atoms with Crippen LogP contribution < -0.4 is 10.1 Å². The van der Waals surface area contributed by atoms with E-state index < -0.39 is 5.97 Å². The first-order chi connectivity index (χ1) is 14.1. The number of carbonyl (C=O) groups excluding carboxylic acids is 2. The van der Waals surface area contributed by atoms with E-state index in [1.165, 1.54) is 18.4 Å². The van der Waals surface area contributed by atoms with Crippen LogP contribution in [0.25, 0.3) is 0 Å². The maximum absolute atomic E-state index is 12.3. The molecule has 1 aliphatic rings. The van der Waals surface area contributed by atoms with Gasteiger partial charge in [-0.25, -0.2) is 4.79 Å². The second-order valence-corrected chi connectivity index (χ2v) is 7.92. The van der Waals surface area contributed by atoms with Gasteiger partial charge in [-0.3, -0.25) is 14.6 Å². The topological polar surface area (TPSA) is 71.1 Å². The lowest BCUT2D eigenvalue weighted by atomic mass is 10.3. The highest BCUT2D eigenvalue weighted by Crippen LogP contribution is 2.24. The molecule has 1 aromatic carbocycles. The monoisotopic (exact) mass is 437 g/mol. The third-order valence-electron chi connectivity index (χ3n) is 4.64. The normalized spacial score (nSPS) is 15.1. The predicted molar refractivity (Wildman–Crippen MR) is 114 cm³/mol. The molecule has 1 N–H and O–H groups in total. The van der Waals surface area contributed by atoms with Crippen LogP contribution in [0.5, 0.6) is 5.75 Å². The first-order valence-corrected chi connectivity index (χ1v) is 10.6. The average Bonchev–Trinajstić information content (AvgIpc) is 3.18. The summed E-state index contributed by atoms with van der Waals surface area (Å²) in [5.74, 6) is 0.121. The molecule has 0 bridgehead atoms. The molecule has 7 nitrogen and oxygen atoms in total. The summed E-state index contributed by atoms with van der Waals surface area (Å²) < 4.78 is 10.5. The molecule has 2 aromatic rings. The fourth-order valence-corrected chi connectivity index (χ4v) is 4.02. The fourth-order valence-electron chi connectivity index (χ4n) is 3.07. The minimum Gasteiger partial charge on any atom is -0.491 e. The van der Waals surface area contributed by atoms with E-state index in [1.807, 2.05) is 24.3 Å². The van der Waals surface area contributed by atoms with Crippen molar-refractivity contribution in [3.05, 3.63) is 45.6 Å². The van der Waals surface area contributed by atoms with Gasteiger partial charge in [0.1, 0.15) is 17.2 Å². The molecular formula is C20H24ClN3O4S. The molecule has 0 spiro atoms. The molecule has 2 heterocycles. The minimum atomic E-state index is -0.442. The van der Waals surface area contributed by atoms with Crippen LogP contribution in [0.4, 0.5) is 5.69 Å². The van der Waals surface area contributed by atoms with E-state index in [0.717, 1.165) is 32.7 Å². The summed E-state index contributed by atoms with van der Waals surface area (Å²) in [5, 5.41) is 5.18. The number of methoxy groups -OCH3 is 1. The summed E-state index contributed by atoms with van der Waals surface area (Å²) in [6.07, 6.45) is 0. The zero-order chi connectivity index (χ0) is 20.6. The Morgan fingerprint density at radius 1 is 1.14 bits per heavy atom. The molecular weight excluding hydrogens is 414 g/mol. The van der Waals surface area contributed by atoms with E-state index in [0.29, 0.717) is 34.5 Å². The average molecular weight is 438 g/mol. The van der Waals surface area contributed by atoms with Gasteiger partial charge >= 0.3 is 5.97 Å². The lowest BCUT2D eigenvalue weighted by Crippen LogP contribution is -2.49. The van der Waals surface area contributed by atoms with Gasteiger partial charge in [-0.15, -0.1) is 11.3 Å². The third kappa shape index (κ3) is 6.17. The summed E-state index contributed by atoms with van der Waals surface area (Å²) >= 11 is 7.34. The van der Waals surface area contributed by atoms with E-state index in [9.17, 15) is 9.59 Å². The number of hydrogen-bond acceptors (Lipinski definition) is 7. The van der Waals surface area contributed by atoms with Crippen molar-refractivity contribution in [2.24, 2.45) is 0 Å². The second-order valence-electron chi connectivity index (χ2n) is 6.60. The van der Waals surface area contributed by atoms with Gasteiger partial charge in [0.15, 0.2) is 0 Å². The Morgan fingerprint density at radius 3 is 2.59 bits per heavy atom.